The van der Waals surface area contributed by atoms with Gasteiger partial charge in [0, 0.05) is 32.1 Å². The van der Waals surface area contributed by atoms with Crippen LogP contribution >= 0.6 is 0 Å². The monoisotopic (exact) mass is 342 g/mol. The molecule has 1 saturated heterocycles. The van der Waals surface area contributed by atoms with Crippen LogP contribution in [0.1, 0.15) is 18.4 Å². The van der Waals surface area contributed by atoms with Crippen molar-refractivity contribution in [2.45, 2.75) is 25.4 Å². The first-order chi connectivity index (χ1) is 12.1. The molecule has 25 heavy (non-hydrogen) atoms. The van der Waals surface area contributed by atoms with Crippen molar-refractivity contribution in [1.29, 1.82) is 0 Å². The standard InChI is InChI=1S/C18H26N6O/c1-22-9-7-17(12-22)23(2)10-8-18(25)20-11-15-3-5-16(6-4-15)24-14-19-13-21-24/h3-6,13-14,17H,7-12H2,1-2H3,(H,20,25)/t17-/m1/s1. The third-order valence-electron chi connectivity index (χ3n) is 4.79. The number of aromatic nitrogens is 3. The number of amides is 1. The number of hydrogen-bond donors (Lipinski definition) is 1. The fraction of sp³-hybridized carbons (Fsp3) is 0.500. The van der Waals surface area contributed by atoms with Crippen LogP contribution in [0.4, 0.5) is 0 Å². The Balaban J connectivity index is 1.40. The van der Waals surface area contributed by atoms with E-state index in [1.807, 2.05) is 24.3 Å². The van der Waals surface area contributed by atoms with Gasteiger partial charge < -0.3 is 15.1 Å². The predicted molar refractivity (Wildman–Crippen MR) is 96.4 cm³/mol. The average Bonchev–Trinajstić information content (AvgIpc) is 3.30. The van der Waals surface area contributed by atoms with Crippen LogP contribution in [-0.4, -0.2) is 70.2 Å². The van der Waals surface area contributed by atoms with E-state index in [0.717, 1.165) is 30.9 Å². The van der Waals surface area contributed by atoms with E-state index in [4.69, 9.17) is 0 Å². The lowest BCUT2D eigenvalue weighted by Crippen LogP contribution is -2.36. The smallest absolute Gasteiger partial charge is 0.221 e. The average molecular weight is 342 g/mol. The predicted octanol–water partition coefficient (Wildman–Crippen LogP) is 0.910. The van der Waals surface area contributed by atoms with Crippen molar-refractivity contribution in [2.75, 3.05) is 33.7 Å². The maximum absolute atomic E-state index is 12.1. The van der Waals surface area contributed by atoms with Crippen LogP contribution < -0.4 is 5.32 Å². The summed E-state index contributed by atoms with van der Waals surface area (Å²) >= 11 is 0. The fourth-order valence-corrected chi connectivity index (χ4v) is 3.13. The van der Waals surface area contributed by atoms with Crippen LogP contribution in [0.3, 0.4) is 0 Å². The zero-order valence-electron chi connectivity index (χ0n) is 14.9. The number of hydrogen-bond acceptors (Lipinski definition) is 5. The highest BCUT2D eigenvalue weighted by Gasteiger charge is 2.23. The molecule has 1 fully saturated rings. The second kappa shape index (κ2) is 8.22. The molecule has 7 heteroatoms. The molecule has 2 aromatic rings. The molecular weight excluding hydrogens is 316 g/mol. The van der Waals surface area contributed by atoms with E-state index in [1.165, 1.54) is 12.7 Å². The van der Waals surface area contributed by atoms with Crippen molar-refractivity contribution >= 4 is 5.91 Å². The molecule has 1 N–H and O–H groups in total. The Labute approximate surface area is 148 Å². The summed E-state index contributed by atoms with van der Waals surface area (Å²) in [5.41, 5.74) is 2.03. The molecule has 134 valence electrons. The van der Waals surface area contributed by atoms with Gasteiger partial charge in [-0.2, -0.15) is 5.10 Å². The van der Waals surface area contributed by atoms with Gasteiger partial charge in [-0.1, -0.05) is 12.1 Å². The summed E-state index contributed by atoms with van der Waals surface area (Å²) < 4.78 is 1.71. The topological polar surface area (TPSA) is 66.3 Å². The molecule has 0 radical (unpaired) electrons. The summed E-state index contributed by atoms with van der Waals surface area (Å²) in [6.45, 7) is 3.59. The Kier molecular flexibility index (Phi) is 5.78. The number of benzene rings is 1. The van der Waals surface area contributed by atoms with Gasteiger partial charge in [0.15, 0.2) is 0 Å². The van der Waals surface area contributed by atoms with Gasteiger partial charge in [-0.05, 0) is 44.8 Å². The zero-order chi connectivity index (χ0) is 17.6. The first-order valence-corrected chi connectivity index (χ1v) is 8.71. The maximum atomic E-state index is 12.1. The molecule has 0 saturated carbocycles. The van der Waals surface area contributed by atoms with Crippen molar-refractivity contribution in [3.8, 4) is 5.69 Å². The lowest BCUT2D eigenvalue weighted by molar-refractivity contribution is -0.121. The largest absolute Gasteiger partial charge is 0.352 e. The molecule has 1 amide bonds. The van der Waals surface area contributed by atoms with Gasteiger partial charge >= 0.3 is 0 Å². The lowest BCUT2D eigenvalue weighted by atomic mass is 10.2. The highest BCUT2D eigenvalue weighted by atomic mass is 16.1. The number of carbonyl (C=O) groups is 1. The van der Waals surface area contributed by atoms with Crippen molar-refractivity contribution in [3.05, 3.63) is 42.5 Å². The van der Waals surface area contributed by atoms with E-state index in [1.54, 1.807) is 11.0 Å². The summed E-state index contributed by atoms with van der Waals surface area (Å²) in [6, 6.07) is 8.51. The quantitative estimate of drug-likeness (QED) is 0.810. The van der Waals surface area contributed by atoms with Crippen molar-refractivity contribution in [2.24, 2.45) is 0 Å². The first-order valence-electron chi connectivity index (χ1n) is 8.71. The van der Waals surface area contributed by atoms with Gasteiger partial charge in [0.2, 0.25) is 5.91 Å². The molecule has 0 aliphatic carbocycles. The number of likely N-dealkylation sites (tertiary alicyclic amines) is 1. The molecule has 0 unspecified atom stereocenters. The molecule has 3 rings (SSSR count). The fourth-order valence-electron chi connectivity index (χ4n) is 3.13. The van der Waals surface area contributed by atoms with E-state index < -0.39 is 0 Å². The van der Waals surface area contributed by atoms with Crippen molar-refractivity contribution in [1.82, 2.24) is 29.9 Å². The summed E-state index contributed by atoms with van der Waals surface area (Å²) in [7, 11) is 4.26. The van der Waals surface area contributed by atoms with E-state index in [0.29, 0.717) is 19.0 Å². The van der Waals surface area contributed by atoms with Gasteiger partial charge in [0.05, 0.1) is 5.69 Å². The van der Waals surface area contributed by atoms with E-state index in [-0.39, 0.29) is 5.91 Å². The maximum Gasteiger partial charge on any atom is 0.221 e. The number of rotatable bonds is 7. The summed E-state index contributed by atoms with van der Waals surface area (Å²) in [4.78, 5) is 20.7. The SMILES string of the molecule is CN1CC[C@@H](N(C)CCC(=O)NCc2ccc(-n3cncn3)cc2)C1. The van der Waals surface area contributed by atoms with E-state index in [2.05, 4.69) is 39.3 Å². The van der Waals surface area contributed by atoms with Crippen molar-refractivity contribution in [3.63, 3.8) is 0 Å². The Morgan fingerprint density at radius 2 is 2.16 bits per heavy atom. The lowest BCUT2D eigenvalue weighted by Gasteiger charge is -2.23. The molecule has 2 heterocycles. The van der Waals surface area contributed by atoms with Gasteiger partial charge in [0.1, 0.15) is 12.7 Å². The van der Waals surface area contributed by atoms with E-state index >= 15 is 0 Å². The molecule has 1 aliphatic rings. The van der Waals surface area contributed by atoms with Gasteiger partial charge in [-0.25, -0.2) is 9.67 Å². The summed E-state index contributed by atoms with van der Waals surface area (Å²) in [5.74, 6) is 0.0959. The molecule has 1 atom stereocenters. The van der Waals surface area contributed by atoms with Crippen molar-refractivity contribution < 1.29 is 4.79 Å². The summed E-state index contributed by atoms with van der Waals surface area (Å²) in [5, 5.41) is 7.09. The molecule has 0 bridgehead atoms. The van der Waals surface area contributed by atoms with E-state index in [9.17, 15) is 4.79 Å². The van der Waals surface area contributed by atoms with Gasteiger partial charge in [-0.3, -0.25) is 4.79 Å². The third kappa shape index (κ3) is 4.87. The van der Waals surface area contributed by atoms with Crippen LogP contribution in [0.2, 0.25) is 0 Å². The minimum atomic E-state index is 0.0959. The van der Waals surface area contributed by atoms with Gasteiger partial charge in [-0.15, -0.1) is 0 Å². The molecular formula is C18H26N6O. The van der Waals surface area contributed by atoms with Crippen LogP contribution in [0.5, 0.6) is 0 Å². The number of likely N-dealkylation sites (N-methyl/N-ethyl adjacent to an activating group) is 2. The first kappa shape index (κ1) is 17.6. The minimum absolute atomic E-state index is 0.0959. The van der Waals surface area contributed by atoms with Crippen LogP contribution in [0.25, 0.3) is 5.69 Å². The molecule has 0 spiro atoms. The molecule has 1 aromatic carbocycles. The highest BCUT2D eigenvalue weighted by Crippen LogP contribution is 2.12. The number of nitrogens with zero attached hydrogens (tertiary/aromatic N) is 5. The second-order valence-corrected chi connectivity index (χ2v) is 6.72. The zero-order valence-corrected chi connectivity index (χ0v) is 14.9. The normalized spacial score (nSPS) is 18.0. The Morgan fingerprint density at radius 1 is 1.36 bits per heavy atom. The van der Waals surface area contributed by atoms with Gasteiger partial charge in [0.25, 0.3) is 0 Å². The molecule has 7 nitrogen and oxygen atoms in total. The molecule has 1 aliphatic heterocycles. The Morgan fingerprint density at radius 3 is 2.80 bits per heavy atom. The Bertz CT molecular complexity index is 669. The third-order valence-corrected chi connectivity index (χ3v) is 4.79. The second-order valence-electron chi connectivity index (χ2n) is 6.72. The summed E-state index contributed by atoms with van der Waals surface area (Å²) in [6.07, 6.45) is 4.89. The highest BCUT2D eigenvalue weighted by molar-refractivity contribution is 5.76. The van der Waals surface area contributed by atoms with Crippen LogP contribution in [0, 0.1) is 0 Å². The number of carbonyl (C=O) groups excluding carboxylic acids is 1. The molecule has 1 aromatic heterocycles. The van der Waals surface area contributed by atoms with Crippen LogP contribution in [0.15, 0.2) is 36.9 Å². The Hall–Kier alpha value is -2.25. The number of nitrogens with one attached hydrogen (secondary N) is 1. The van der Waals surface area contributed by atoms with Crippen LogP contribution in [-0.2, 0) is 11.3 Å². The minimum Gasteiger partial charge on any atom is -0.352 e.